The topological polar surface area (TPSA) is 66.9 Å². The molecule has 2 aromatic carbocycles. The first-order valence-corrected chi connectivity index (χ1v) is 14.0. The molecule has 2 aromatic rings. The quantitative estimate of drug-likeness (QED) is 0.504. The van der Waals surface area contributed by atoms with Crippen molar-refractivity contribution in [1.82, 2.24) is 4.31 Å². The summed E-state index contributed by atoms with van der Waals surface area (Å²) in [5, 5.41) is 0.719. The Hall–Kier alpha value is -1.64. The van der Waals surface area contributed by atoms with Crippen molar-refractivity contribution in [1.29, 1.82) is 0 Å². The molecule has 0 unspecified atom stereocenters. The minimum absolute atomic E-state index is 0.0202. The standard InChI is InChI=1S/C25H32Cl2N2O4S/c1-33-18-25(30)29-15-9-5-3-2-4-8-14-28(17-21-10-6-7-11-24(21)29)34(31,32)19-20-12-13-22(26)23(27)16-20/h6-7,10-13,16H,2-5,8-9,14-15,17-19H2,1H3. The van der Waals surface area contributed by atoms with Crippen molar-refractivity contribution in [3.8, 4) is 0 Å². The number of ether oxygens (including phenoxy) is 1. The van der Waals surface area contributed by atoms with E-state index in [0.717, 1.165) is 49.8 Å². The first kappa shape index (κ1) is 27.0. The van der Waals surface area contributed by atoms with Crippen LogP contribution < -0.4 is 4.90 Å². The van der Waals surface area contributed by atoms with E-state index in [-0.39, 0.29) is 24.8 Å². The van der Waals surface area contributed by atoms with E-state index in [1.54, 1.807) is 23.1 Å². The van der Waals surface area contributed by atoms with Crippen molar-refractivity contribution in [3.63, 3.8) is 0 Å². The number of anilines is 1. The average Bonchev–Trinajstić information content (AvgIpc) is 2.81. The Morgan fingerprint density at radius 1 is 0.941 bits per heavy atom. The second-order valence-corrected chi connectivity index (χ2v) is 11.3. The molecule has 0 spiro atoms. The zero-order valence-corrected chi connectivity index (χ0v) is 21.8. The summed E-state index contributed by atoms with van der Waals surface area (Å²) >= 11 is 12.1. The van der Waals surface area contributed by atoms with E-state index in [0.29, 0.717) is 28.7 Å². The van der Waals surface area contributed by atoms with E-state index >= 15 is 0 Å². The molecule has 0 bridgehead atoms. The molecule has 0 saturated carbocycles. The molecule has 0 N–H and O–H groups in total. The molecular formula is C25H32Cl2N2O4S. The number of rotatable bonds is 5. The molecular weight excluding hydrogens is 495 g/mol. The molecule has 186 valence electrons. The van der Waals surface area contributed by atoms with Gasteiger partial charge in [-0.15, -0.1) is 0 Å². The number of halogens is 2. The van der Waals surface area contributed by atoms with Gasteiger partial charge in [-0.1, -0.05) is 73.2 Å². The fourth-order valence-electron chi connectivity index (χ4n) is 4.19. The zero-order chi connectivity index (χ0) is 24.6. The van der Waals surface area contributed by atoms with Gasteiger partial charge in [0, 0.05) is 32.4 Å². The molecule has 3 rings (SSSR count). The lowest BCUT2D eigenvalue weighted by molar-refractivity contribution is -0.122. The molecule has 6 nitrogen and oxygen atoms in total. The first-order chi connectivity index (χ1) is 16.3. The third kappa shape index (κ3) is 7.43. The number of carbonyl (C=O) groups is 1. The Bertz CT molecular complexity index is 1080. The Morgan fingerprint density at radius 3 is 2.32 bits per heavy atom. The lowest BCUT2D eigenvalue weighted by Gasteiger charge is -2.28. The third-order valence-corrected chi connectivity index (χ3v) is 8.50. The van der Waals surface area contributed by atoms with Gasteiger partial charge >= 0.3 is 0 Å². The van der Waals surface area contributed by atoms with Gasteiger partial charge in [-0.25, -0.2) is 8.42 Å². The normalized spacial score (nSPS) is 16.7. The van der Waals surface area contributed by atoms with Gasteiger partial charge in [0.2, 0.25) is 10.0 Å². The molecule has 0 radical (unpaired) electrons. The largest absolute Gasteiger partial charge is 0.375 e. The summed E-state index contributed by atoms with van der Waals surface area (Å²) in [5.74, 6) is -0.298. The first-order valence-electron chi connectivity index (χ1n) is 11.6. The van der Waals surface area contributed by atoms with Gasteiger partial charge in [-0.2, -0.15) is 4.31 Å². The van der Waals surface area contributed by atoms with Crippen LogP contribution in [-0.4, -0.2) is 45.4 Å². The van der Waals surface area contributed by atoms with Gasteiger partial charge in [0.25, 0.3) is 5.91 Å². The summed E-state index contributed by atoms with van der Waals surface area (Å²) in [7, 11) is -2.15. The van der Waals surface area contributed by atoms with Crippen molar-refractivity contribution >= 4 is 44.8 Å². The van der Waals surface area contributed by atoms with Gasteiger partial charge in [-0.3, -0.25) is 4.79 Å². The molecule has 1 amide bonds. The Balaban J connectivity index is 1.94. The van der Waals surface area contributed by atoms with Crippen LogP contribution in [-0.2, 0) is 31.9 Å². The number of carbonyl (C=O) groups excluding carboxylic acids is 1. The van der Waals surface area contributed by atoms with Gasteiger partial charge in [0.1, 0.15) is 6.61 Å². The molecule has 0 fully saturated rings. The van der Waals surface area contributed by atoms with Crippen LogP contribution >= 0.6 is 23.2 Å². The zero-order valence-electron chi connectivity index (χ0n) is 19.5. The smallest absolute Gasteiger partial charge is 0.252 e. The van der Waals surface area contributed by atoms with Crippen LogP contribution in [0.5, 0.6) is 0 Å². The van der Waals surface area contributed by atoms with Crippen LogP contribution in [0, 0.1) is 0 Å². The van der Waals surface area contributed by atoms with E-state index in [1.807, 2.05) is 24.3 Å². The number of methoxy groups -OCH3 is 1. The van der Waals surface area contributed by atoms with Crippen molar-refractivity contribution < 1.29 is 17.9 Å². The van der Waals surface area contributed by atoms with Gasteiger partial charge in [0.05, 0.1) is 15.8 Å². The molecule has 1 heterocycles. The summed E-state index contributed by atoms with van der Waals surface area (Å²) in [4.78, 5) is 14.6. The van der Waals surface area contributed by atoms with Crippen molar-refractivity contribution in [2.45, 2.75) is 50.8 Å². The summed E-state index contributed by atoms with van der Waals surface area (Å²) in [6.07, 6.45) is 5.77. The lowest BCUT2D eigenvalue weighted by Crippen LogP contribution is -2.37. The van der Waals surface area contributed by atoms with Crippen LogP contribution in [0.4, 0.5) is 5.69 Å². The van der Waals surface area contributed by atoms with Gasteiger partial charge in [-0.05, 0) is 42.2 Å². The number of fused-ring (bicyclic) bond motifs is 1. The molecule has 0 aliphatic carbocycles. The number of hydrogen-bond donors (Lipinski definition) is 0. The molecule has 1 aliphatic heterocycles. The second-order valence-electron chi connectivity index (χ2n) is 8.57. The van der Waals surface area contributed by atoms with Crippen LogP contribution in [0.3, 0.4) is 0 Å². The van der Waals surface area contributed by atoms with Gasteiger partial charge < -0.3 is 9.64 Å². The molecule has 34 heavy (non-hydrogen) atoms. The van der Waals surface area contributed by atoms with Crippen LogP contribution in [0.15, 0.2) is 42.5 Å². The molecule has 0 atom stereocenters. The Kier molecular flexibility index (Phi) is 10.2. The monoisotopic (exact) mass is 526 g/mol. The average molecular weight is 528 g/mol. The maximum atomic E-state index is 13.5. The Morgan fingerprint density at radius 2 is 1.62 bits per heavy atom. The number of benzene rings is 2. The van der Waals surface area contributed by atoms with Crippen molar-refractivity contribution in [2.24, 2.45) is 0 Å². The number of nitrogens with zero attached hydrogens (tertiary/aromatic N) is 2. The van der Waals surface area contributed by atoms with Crippen LogP contribution in [0.2, 0.25) is 10.0 Å². The summed E-state index contributed by atoms with van der Waals surface area (Å²) < 4.78 is 33.7. The number of para-hydroxylation sites is 1. The lowest BCUT2D eigenvalue weighted by atomic mass is 10.1. The van der Waals surface area contributed by atoms with Crippen LogP contribution in [0.1, 0.15) is 49.7 Å². The van der Waals surface area contributed by atoms with E-state index < -0.39 is 10.0 Å². The minimum Gasteiger partial charge on any atom is -0.375 e. The number of sulfonamides is 1. The molecule has 1 aliphatic rings. The molecule has 0 saturated heterocycles. The SMILES string of the molecule is COCC(=O)N1CCCCCCCCN(S(=O)(=O)Cc2ccc(Cl)c(Cl)c2)Cc2ccccc21. The second kappa shape index (κ2) is 12.9. The third-order valence-electron chi connectivity index (χ3n) is 5.96. The molecule has 9 heteroatoms. The predicted octanol–water partition coefficient (Wildman–Crippen LogP) is 5.66. The maximum Gasteiger partial charge on any atom is 0.252 e. The minimum atomic E-state index is -3.65. The maximum absolute atomic E-state index is 13.5. The fraction of sp³-hybridized carbons (Fsp3) is 0.480. The van der Waals surface area contributed by atoms with Crippen molar-refractivity contribution in [3.05, 3.63) is 63.6 Å². The number of hydrogen-bond acceptors (Lipinski definition) is 4. The highest BCUT2D eigenvalue weighted by Gasteiger charge is 2.26. The summed E-state index contributed by atoms with van der Waals surface area (Å²) in [6.45, 7) is 1.17. The van der Waals surface area contributed by atoms with Crippen LogP contribution in [0.25, 0.3) is 0 Å². The highest BCUT2D eigenvalue weighted by atomic mass is 35.5. The van der Waals surface area contributed by atoms with Gasteiger partial charge in [0.15, 0.2) is 0 Å². The highest BCUT2D eigenvalue weighted by Crippen LogP contribution is 2.28. The van der Waals surface area contributed by atoms with E-state index in [4.69, 9.17) is 27.9 Å². The van der Waals surface area contributed by atoms with E-state index in [1.165, 1.54) is 11.4 Å². The summed E-state index contributed by atoms with van der Waals surface area (Å²) in [5.41, 5.74) is 2.12. The fourth-order valence-corrected chi connectivity index (χ4v) is 6.04. The number of amides is 1. The van der Waals surface area contributed by atoms with E-state index in [2.05, 4.69) is 0 Å². The Labute approximate surface area is 212 Å². The van der Waals surface area contributed by atoms with E-state index in [9.17, 15) is 13.2 Å². The highest BCUT2D eigenvalue weighted by molar-refractivity contribution is 7.88. The predicted molar refractivity (Wildman–Crippen MR) is 138 cm³/mol. The summed E-state index contributed by atoms with van der Waals surface area (Å²) in [6, 6.07) is 12.4. The van der Waals surface area contributed by atoms with Crippen molar-refractivity contribution in [2.75, 3.05) is 31.7 Å². The molecule has 0 aromatic heterocycles.